The quantitative estimate of drug-likeness (QED) is 0.322. The zero-order chi connectivity index (χ0) is 25.2. The molecule has 0 spiro atoms. The van der Waals surface area contributed by atoms with Crippen LogP contribution in [0.4, 0.5) is 11.5 Å². The Morgan fingerprint density at radius 2 is 2.05 bits per heavy atom. The summed E-state index contributed by atoms with van der Waals surface area (Å²) >= 11 is 0. The number of rotatable bonds is 4. The van der Waals surface area contributed by atoms with Gasteiger partial charge in [0.05, 0.1) is 23.8 Å². The van der Waals surface area contributed by atoms with E-state index in [4.69, 9.17) is 0 Å². The number of β-amino-alcohol motifs (C(OH)–C–C–N with tert-alkyl or cyclic N) is 1. The van der Waals surface area contributed by atoms with Gasteiger partial charge in [0.2, 0.25) is 0 Å². The number of hydrogen-bond acceptors (Lipinski definition) is 6. The molecule has 7 nitrogen and oxygen atoms in total. The van der Waals surface area contributed by atoms with E-state index in [1.807, 2.05) is 35.1 Å². The monoisotopic (exact) mass is 488 g/mol. The summed E-state index contributed by atoms with van der Waals surface area (Å²) in [6.07, 6.45) is 5.05. The van der Waals surface area contributed by atoms with Crippen LogP contribution in [-0.2, 0) is 6.54 Å². The van der Waals surface area contributed by atoms with Gasteiger partial charge in [-0.15, -0.1) is 0 Å². The molecule has 0 radical (unpaired) electrons. The van der Waals surface area contributed by atoms with Crippen molar-refractivity contribution in [2.75, 3.05) is 18.4 Å². The minimum Gasteiger partial charge on any atom is -0.376 e. The lowest BCUT2D eigenvalue weighted by molar-refractivity contribution is 0.0736. The summed E-state index contributed by atoms with van der Waals surface area (Å²) in [6, 6.07) is 20.5. The minimum atomic E-state index is -0.985. The number of aryl methyl sites for hydroxylation is 1. The highest BCUT2D eigenvalue weighted by Gasteiger charge is 2.26. The second-order valence-electron chi connectivity index (χ2n) is 9.71. The number of aromatic nitrogens is 4. The first-order valence-corrected chi connectivity index (χ1v) is 12.5. The van der Waals surface area contributed by atoms with E-state index >= 15 is 0 Å². The molecule has 0 saturated carbocycles. The third kappa shape index (κ3) is 5.03. The fourth-order valence-electron chi connectivity index (χ4n) is 4.83. The van der Waals surface area contributed by atoms with Crippen LogP contribution in [0, 0.1) is 18.8 Å². The lowest BCUT2D eigenvalue weighted by Crippen LogP contribution is -2.44. The number of hydrogen-bond donors (Lipinski definition) is 3. The first-order valence-electron chi connectivity index (χ1n) is 12.5. The van der Waals surface area contributed by atoms with Crippen LogP contribution in [-0.4, -0.2) is 43.5 Å². The van der Waals surface area contributed by atoms with Crippen LogP contribution in [0.5, 0.6) is 0 Å². The number of piperidine rings is 1. The summed E-state index contributed by atoms with van der Waals surface area (Å²) in [4.78, 5) is 8.92. The Bertz CT molecular complexity index is 1660. The summed E-state index contributed by atoms with van der Waals surface area (Å²) in [5, 5.41) is 23.9. The van der Waals surface area contributed by atoms with Crippen molar-refractivity contribution in [1.29, 1.82) is 0 Å². The van der Waals surface area contributed by atoms with Crippen LogP contribution in [0.1, 0.15) is 29.5 Å². The molecule has 0 amide bonds. The van der Waals surface area contributed by atoms with Crippen LogP contribution < -0.4 is 10.6 Å². The minimum absolute atomic E-state index is 0.494. The van der Waals surface area contributed by atoms with Gasteiger partial charge in [-0.05, 0) is 68.3 Å². The van der Waals surface area contributed by atoms with Crippen LogP contribution in [0.25, 0.3) is 21.8 Å². The third-order valence-electron chi connectivity index (χ3n) is 6.76. The molecule has 1 unspecified atom stereocenters. The van der Waals surface area contributed by atoms with Crippen molar-refractivity contribution in [2.24, 2.45) is 0 Å². The predicted octanol–water partition coefficient (Wildman–Crippen LogP) is 4.55. The molecule has 1 aliphatic rings. The molecular weight excluding hydrogens is 460 g/mol. The van der Waals surface area contributed by atoms with E-state index in [0.29, 0.717) is 18.8 Å². The molecule has 1 fully saturated rings. The van der Waals surface area contributed by atoms with Crippen LogP contribution >= 0.6 is 0 Å². The first-order chi connectivity index (χ1) is 18.0. The number of nitrogens with zero attached hydrogens (tertiary/aromatic N) is 4. The summed E-state index contributed by atoms with van der Waals surface area (Å²) in [6.45, 7) is 4.25. The van der Waals surface area contributed by atoms with E-state index in [0.717, 1.165) is 52.6 Å². The van der Waals surface area contributed by atoms with E-state index in [1.165, 1.54) is 11.1 Å². The van der Waals surface area contributed by atoms with Gasteiger partial charge < -0.3 is 15.7 Å². The molecule has 0 bridgehead atoms. The first kappa shape index (κ1) is 23.2. The fraction of sp³-hybridized carbons (Fsp3) is 0.233. The average Bonchev–Trinajstić information content (AvgIpc) is 3.30. The Morgan fingerprint density at radius 3 is 2.92 bits per heavy atom. The highest BCUT2D eigenvalue weighted by Crippen LogP contribution is 2.27. The lowest BCUT2D eigenvalue weighted by Gasteiger charge is -2.27. The molecule has 6 rings (SSSR count). The highest BCUT2D eigenvalue weighted by atomic mass is 16.3. The maximum atomic E-state index is 10.7. The second kappa shape index (κ2) is 9.66. The van der Waals surface area contributed by atoms with Crippen molar-refractivity contribution in [3.63, 3.8) is 0 Å². The highest BCUT2D eigenvalue weighted by molar-refractivity contribution is 5.92. The van der Waals surface area contributed by atoms with E-state index < -0.39 is 5.60 Å². The van der Waals surface area contributed by atoms with Crippen molar-refractivity contribution >= 4 is 33.3 Å². The summed E-state index contributed by atoms with van der Waals surface area (Å²) in [5.41, 5.74) is 5.12. The number of fused-ring (bicyclic) bond motifs is 2. The normalized spacial score (nSPS) is 17.5. The molecule has 5 aromatic rings. The molecular formula is C30H28N6O. The lowest BCUT2D eigenvalue weighted by atomic mass is 9.94. The van der Waals surface area contributed by atoms with E-state index in [2.05, 4.69) is 80.9 Å². The van der Waals surface area contributed by atoms with Gasteiger partial charge >= 0.3 is 0 Å². The molecule has 0 aliphatic carbocycles. The summed E-state index contributed by atoms with van der Waals surface area (Å²) in [5.74, 6) is 6.92. The van der Waals surface area contributed by atoms with Crippen molar-refractivity contribution < 1.29 is 5.11 Å². The Hall–Kier alpha value is -4.25. The summed E-state index contributed by atoms with van der Waals surface area (Å²) < 4.78 is 2.02. The van der Waals surface area contributed by atoms with Gasteiger partial charge in [-0.2, -0.15) is 5.10 Å². The summed E-state index contributed by atoms with van der Waals surface area (Å²) in [7, 11) is 0. The Balaban J connectivity index is 1.27. The SMILES string of the molecule is Cc1cccc(Cn2ncc3cc(Nc4ncnc5ccc(C#CC6(O)CCCNC6)cc45)ccc32)c1. The van der Waals surface area contributed by atoms with Crippen molar-refractivity contribution in [1.82, 2.24) is 25.1 Å². The molecule has 3 heterocycles. The Labute approximate surface area is 215 Å². The van der Waals surface area contributed by atoms with E-state index in [1.54, 1.807) is 6.33 Å². The van der Waals surface area contributed by atoms with E-state index in [-0.39, 0.29) is 0 Å². The maximum Gasteiger partial charge on any atom is 0.141 e. The molecule has 7 heteroatoms. The Kier molecular flexibility index (Phi) is 6.05. The fourth-order valence-corrected chi connectivity index (χ4v) is 4.83. The molecule has 3 aromatic carbocycles. The zero-order valence-electron chi connectivity index (χ0n) is 20.7. The van der Waals surface area contributed by atoms with Gasteiger partial charge in [-0.1, -0.05) is 41.7 Å². The van der Waals surface area contributed by atoms with Gasteiger partial charge in [0.1, 0.15) is 17.7 Å². The maximum absolute atomic E-state index is 10.7. The van der Waals surface area contributed by atoms with Crippen molar-refractivity contribution in [2.45, 2.75) is 31.9 Å². The van der Waals surface area contributed by atoms with Crippen LogP contribution in [0.3, 0.4) is 0 Å². The Morgan fingerprint density at radius 1 is 1.11 bits per heavy atom. The smallest absolute Gasteiger partial charge is 0.141 e. The van der Waals surface area contributed by atoms with Crippen LogP contribution in [0.2, 0.25) is 0 Å². The molecule has 2 aromatic heterocycles. The molecule has 1 atom stereocenters. The topological polar surface area (TPSA) is 87.9 Å². The van der Waals surface area contributed by atoms with Crippen molar-refractivity contribution in [3.8, 4) is 11.8 Å². The van der Waals surface area contributed by atoms with Gasteiger partial charge in [-0.25, -0.2) is 9.97 Å². The largest absolute Gasteiger partial charge is 0.376 e. The average molecular weight is 489 g/mol. The van der Waals surface area contributed by atoms with Gasteiger partial charge in [0, 0.05) is 28.6 Å². The zero-order valence-corrected chi connectivity index (χ0v) is 20.7. The number of benzene rings is 3. The van der Waals surface area contributed by atoms with Crippen LogP contribution in [0.15, 0.2) is 73.2 Å². The van der Waals surface area contributed by atoms with Gasteiger partial charge in [-0.3, -0.25) is 4.68 Å². The number of aliphatic hydroxyl groups is 1. The van der Waals surface area contributed by atoms with E-state index in [9.17, 15) is 5.11 Å². The molecule has 184 valence electrons. The molecule has 1 saturated heterocycles. The second-order valence-corrected chi connectivity index (χ2v) is 9.71. The number of anilines is 2. The standard InChI is InChI=1S/C30H28N6O/c1-21-4-2-5-23(14-21)18-36-28-9-7-25(16-24(28)17-34-36)35-29-26-15-22(6-8-27(26)32-20-33-29)10-12-30(37)11-3-13-31-19-30/h2,4-9,14-17,20,31,37H,3,11,13,18-19H2,1H3,(H,32,33,35). The molecule has 37 heavy (non-hydrogen) atoms. The number of nitrogens with one attached hydrogen (secondary N) is 2. The van der Waals surface area contributed by atoms with Gasteiger partial charge in [0.25, 0.3) is 0 Å². The third-order valence-corrected chi connectivity index (χ3v) is 6.76. The van der Waals surface area contributed by atoms with Crippen molar-refractivity contribution in [3.05, 3.63) is 89.9 Å². The predicted molar refractivity (Wildman–Crippen MR) is 147 cm³/mol. The van der Waals surface area contributed by atoms with Gasteiger partial charge in [0.15, 0.2) is 0 Å². The molecule has 1 aliphatic heterocycles. The molecule has 3 N–H and O–H groups in total.